The number of hydrogen-bond donors (Lipinski definition) is 0. The molecule has 88 valence electrons. The Labute approximate surface area is 103 Å². The summed E-state index contributed by atoms with van der Waals surface area (Å²) in [5, 5.41) is 0.729. The minimum absolute atomic E-state index is 0.729. The standard InChI is InChI=1S/C14H19ClO/c1-3-4-5-6-7-10-16-14-11-13(15)9-8-12(14)2/h3,8-9,11H,1,4-7,10H2,2H3. The fraction of sp³-hybridized carbons (Fsp3) is 0.429. The van der Waals surface area contributed by atoms with Gasteiger partial charge < -0.3 is 4.74 Å². The van der Waals surface area contributed by atoms with E-state index in [2.05, 4.69) is 6.58 Å². The number of hydrogen-bond acceptors (Lipinski definition) is 1. The Kier molecular flexibility index (Phi) is 6.02. The van der Waals surface area contributed by atoms with Crippen LogP contribution in [0.15, 0.2) is 30.9 Å². The molecular formula is C14H19ClO. The van der Waals surface area contributed by atoms with Gasteiger partial charge in [0.05, 0.1) is 6.61 Å². The van der Waals surface area contributed by atoms with Crippen LogP contribution in [-0.2, 0) is 0 Å². The van der Waals surface area contributed by atoms with Crippen LogP contribution in [0.25, 0.3) is 0 Å². The first-order valence-corrected chi connectivity index (χ1v) is 6.11. The molecule has 1 aromatic carbocycles. The smallest absolute Gasteiger partial charge is 0.123 e. The molecule has 0 saturated carbocycles. The molecule has 0 aliphatic carbocycles. The quantitative estimate of drug-likeness (QED) is 0.491. The molecule has 0 heterocycles. The maximum atomic E-state index is 5.91. The van der Waals surface area contributed by atoms with Gasteiger partial charge in [0.1, 0.15) is 5.75 Å². The second-order valence-corrected chi connectivity index (χ2v) is 4.33. The minimum atomic E-state index is 0.729. The molecule has 1 rings (SSSR count). The number of ether oxygens (including phenoxy) is 1. The van der Waals surface area contributed by atoms with E-state index in [0.717, 1.165) is 35.8 Å². The number of allylic oxidation sites excluding steroid dienone is 1. The highest BCUT2D eigenvalue weighted by Crippen LogP contribution is 2.22. The molecule has 0 aromatic heterocycles. The van der Waals surface area contributed by atoms with Gasteiger partial charge in [0.15, 0.2) is 0 Å². The van der Waals surface area contributed by atoms with E-state index in [-0.39, 0.29) is 0 Å². The number of aryl methyl sites for hydroxylation is 1. The fourth-order valence-electron chi connectivity index (χ4n) is 1.48. The maximum absolute atomic E-state index is 5.91. The van der Waals surface area contributed by atoms with E-state index < -0.39 is 0 Å². The topological polar surface area (TPSA) is 9.23 Å². The van der Waals surface area contributed by atoms with Crippen molar-refractivity contribution in [1.29, 1.82) is 0 Å². The Morgan fingerprint density at radius 1 is 1.31 bits per heavy atom. The van der Waals surface area contributed by atoms with Gasteiger partial charge in [-0.2, -0.15) is 0 Å². The first-order chi connectivity index (χ1) is 7.74. The van der Waals surface area contributed by atoms with Crippen LogP contribution in [0.3, 0.4) is 0 Å². The van der Waals surface area contributed by atoms with Gasteiger partial charge in [0.25, 0.3) is 0 Å². The maximum Gasteiger partial charge on any atom is 0.123 e. The average molecular weight is 239 g/mol. The van der Waals surface area contributed by atoms with Crippen molar-refractivity contribution >= 4 is 11.6 Å². The highest BCUT2D eigenvalue weighted by atomic mass is 35.5. The third-order valence-corrected chi connectivity index (χ3v) is 2.70. The van der Waals surface area contributed by atoms with Gasteiger partial charge in [-0.3, -0.25) is 0 Å². The van der Waals surface area contributed by atoms with Gasteiger partial charge in [-0.25, -0.2) is 0 Å². The largest absolute Gasteiger partial charge is 0.493 e. The van der Waals surface area contributed by atoms with Crippen LogP contribution in [0.2, 0.25) is 5.02 Å². The van der Waals surface area contributed by atoms with Crippen molar-refractivity contribution in [3.8, 4) is 5.75 Å². The molecule has 0 aliphatic heterocycles. The lowest BCUT2D eigenvalue weighted by Gasteiger charge is -2.09. The lowest BCUT2D eigenvalue weighted by Crippen LogP contribution is -1.98. The molecule has 0 aliphatic rings. The summed E-state index contributed by atoms with van der Waals surface area (Å²) in [7, 11) is 0. The summed E-state index contributed by atoms with van der Waals surface area (Å²) in [5.74, 6) is 0.899. The van der Waals surface area contributed by atoms with E-state index in [1.54, 1.807) is 0 Å². The van der Waals surface area contributed by atoms with E-state index in [4.69, 9.17) is 16.3 Å². The van der Waals surface area contributed by atoms with Crippen LogP contribution < -0.4 is 4.74 Å². The highest BCUT2D eigenvalue weighted by molar-refractivity contribution is 6.30. The van der Waals surface area contributed by atoms with Crippen LogP contribution in [-0.4, -0.2) is 6.61 Å². The third-order valence-electron chi connectivity index (χ3n) is 2.46. The van der Waals surface area contributed by atoms with Crippen molar-refractivity contribution in [3.05, 3.63) is 41.4 Å². The second-order valence-electron chi connectivity index (χ2n) is 3.90. The SMILES string of the molecule is C=CCCCCCOc1cc(Cl)ccc1C. The molecule has 0 bridgehead atoms. The highest BCUT2D eigenvalue weighted by Gasteiger charge is 2.00. The van der Waals surface area contributed by atoms with Crippen LogP contribution in [0.1, 0.15) is 31.2 Å². The molecule has 0 unspecified atom stereocenters. The van der Waals surface area contributed by atoms with E-state index in [9.17, 15) is 0 Å². The van der Waals surface area contributed by atoms with Gasteiger partial charge in [0, 0.05) is 5.02 Å². The number of unbranched alkanes of at least 4 members (excludes halogenated alkanes) is 3. The summed E-state index contributed by atoms with van der Waals surface area (Å²) in [6.45, 7) is 6.49. The third kappa shape index (κ3) is 4.71. The normalized spacial score (nSPS) is 10.1. The van der Waals surface area contributed by atoms with Crippen LogP contribution in [0.4, 0.5) is 0 Å². The van der Waals surface area contributed by atoms with Crippen molar-refractivity contribution in [2.24, 2.45) is 0 Å². The predicted octanol–water partition coefficient (Wildman–Crippen LogP) is 4.77. The van der Waals surface area contributed by atoms with Gasteiger partial charge in [-0.05, 0) is 50.3 Å². The Balaban J connectivity index is 2.26. The summed E-state index contributed by atoms with van der Waals surface area (Å²) >= 11 is 5.91. The van der Waals surface area contributed by atoms with Crippen LogP contribution >= 0.6 is 11.6 Å². The molecule has 0 atom stereocenters. The Hall–Kier alpha value is -0.950. The zero-order chi connectivity index (χ0) is 11.8. The van der Waals surface area contributed by atoms with Gasteiger partial charge in [-0.15, -0.1) is 6.58 Å². The molecule has 0 radical (unpaired) electrons. The van der Waals surface area contributed by atoms with Crippen molar-refractivity contribution in [3.63, 3.8) is 0 Å². The molecule has 0 spiro atoms. The molecule has 0 N–H and O–H groups in total. The molecule has 1 nitrogen and oxygen atoms in total. The molecule has 16 heavy (non-hydrogen) atoms. The zero-order valence-electron chi connectivity index (χ0n) is 9.84. The first kappa shape index (κ1) is 13.1. The molecule has 0 amide bonds. The summed E-state index contributed by atoms with van der Waals surface area (Å²) in [6, 6.07) is 5.74. The molecular weight excluding hydrogens is 220 g/mol. The molecule has 0 saturated heterocycles. The number of rotatable bonds is 7. The predicted molar refractivity (Wildman–Crippen MR) is 70.3 cm³/mol. The monoisotopic (exact) mass is 238 g/mol. The van der Waals surface area contributed by atoms with Crippen molar-refractivity contribution in [2.45, 2.75) is 32.6 Å². The molecule has 1 aromatic rings. The van der Waals surface area contributed by atoms with E-state index in [1.165, 1.54) is 12.8 Å². The molecule has 0 fully saturated rings. The van der Waals surface area contributed by atoms with Crippen molar-refractivity contribution in [2.75, 3.05) is 6.61 Å². The summed E-state index contributed by atoms with van der Waals surface area (Å²) in [6.07, 6.45) is 6.52. The minimum Gasteiger partial charge on any atom is -0.493 e. The summed E-state index contributed by atoms with van der Waals surface area (Å²) in [5.41, 5.74) is 1.13. The fourth-order valence-corrected chi connectivity index (χ4v) is 1.64. The second kappa shape index (κ2) is 7.34. The Morgan fingerprint density at radius 3 is 2.88 bits per heavy atom. The van der Waals surface area contributed by atoms with Crippen LogP contribution in [0, 0.1) is 6.92 Å². The lowest BCUT2D eigenvalue weighted by molar-refractivity contribution is 0.303. The first-order valence-electron chi connectivity index (χ1n) is 5.74. The van der Waals surface area contributed by atoms with E-state index >= 15 is 0 Å². The molecule has 2 heteroatoms. The van der Waals surface area contributed by atoms with Crippen molar-refractivity contribution in [1.82, 2.24) is 0 Å². The van der Waals surface area contributed by atoms with Gasteiger partial charge in [0.2, 0.25) is 0 Å². The van der Waals surface area contributed by atoms with Crippen LogP contribution in [0.5, 0.6) is 5.75 Å². The Morgan fingerprint density at radius 2 is 2.12 bits per heavy atom. The average Bonchev–Trinajstić information content (AvgIpc) is 2.28. The lowest BCUT2D eigenvalue weighted by atomic mass is 10.2. The van der Waals surface area contributed by atoms with Gasteiger partial charge in [-0.1, -0.05) is 23.7 Å². The van der Waals surface area contributed by atoms with Gasteiger partial charge >= 0.3 is 0 Å². The number of benzene rings is 1. The number of halogens is 1. The summed E-state index contributed by atoms with van der Waals surface area (Å²) in [4.78, 5) is 0. The van der Waals surface area contributed by atoms with E-state index in [0.29, 0.717) is 0 Å². The van der Waals surface area contributed by atoms with Crippen molar-refractivity contribution < 1.29 is 4.74 Å². The summed E-state index contributed by atoms with van der Waals surface area (Å²) < 4.78 is 5.69. The Bertz CT molecular complexity index is 334. The zero-order valence-corrected chi connectivity index (χ0v) is 10.6. The van der Waals surface area contributed by atoms with E-state index in [1.807, 2.05) is 31.2 Å².